The molecule has 1 saturated carbocycles. The zero-order chi connectivity index (χ0) is 20.7. The number of rotatable bonds is 5. The standard InChI is InChI=1S/C22H26N6O2/c1-14-2-3-16(12-19(14)28-11-9-24-22(28)30)20(29)25-17-7-10-27(13-17)21-23-8-6-18(26-21)15-4-5-15/h2-3,6,8,12,15,17H,4-5,7,9-11,13H2,1H3,(H,24,30)(H,25,29). The third-order valence-electron chi connectivity index (χ3n) is 6.09. The summed E-state index contributed by atoms with van der Waals surface area (Å²) < 4.78 is 0. The molecule has 2 saturated heterocycles. The van der Waals surface area contributed by atoms with E-state index in [1.165, 1.54) is 12.8 Å². The molecule has 1 aliphatic carbocycles. The number of carbonyl (C=O) groups is 2. The van der Waals surface area contributed by atoms with Crippen LogP contribution in [0.3, 0.4) is 0 Å². The molecule has 8 heteroatoms. The van der Waals surface area contributed by atoms with E-state index >= 15 is 0 Å². The highest BCUT2D eigenvalue weighted by Gasteiger charge is 2.29. The van der Waals surface area contributed by atoms with Crippen LogP contribution in [0.4, 0.5) is 16.4 Å². The molecule has 2 aromatic rings. The lowest BCUT2D eigenvalue weighted by Crippen LogP contribution is -2.37. The average Bonchev–Trinajstić information content (AvgIpc) is 3.36. The maximum atomic E-state index is 12.9. The van der Waals surface area contributed by atoms with Crippen LogP contribution in [0.25, 0.3) is 0 Å². The van der Waals surface area contributed by atoms with Crippen LogP contribution in [0.15, 0.2) is 30.5 Å². The first-order valence-corrected chi connectivity index (χ1v) is 10.6. The van der Waals surface area contributed by atoms with E-state index in [1.54, 1.807) is 4.90 Å². The van der Waals surface area contributed by atoms with Crippen LogP contribution in [-0.2, 0) is 0 Å². The molecule has 5 rings (SSSR count). The van der Waals surface area contributed by atoms with Gasteiger partial charge in [-0.1, -0.05) is 6.07 Å². The summed E-state index contributed by atoms with van der Waals surface area (Å²) in [6.45, 7) is 4.71. The second-order valence-electron chi connectivity index (χ2n) is 8.35. The van der Waals surface area contributed by atoms with E-state index in [9.17, 15) is 9.59 Å². The number of nitrogens with zero attached hydrogens (tertiary/aromatic N) is 4. The van der Waals surface area contributed by atoms with Gasteiger partial charge in [0, 0.05) is 61.3 Å². The molecule has 156 valence electrons. The Morgan fingerprint density at radius 3 is 2.83 bits per heavy atom. The second kappa shape index (κ2) is 7.59. The summed E-state index contributed by atoms with van der Waals surface area (Å²) in [7, 11) is 0. The zero-order valence-electron chi connectivity index (χ0n) is 17.1. The predicted molar refractivity (Wildman–Crippen MR) is 114 cm³/mol. The first-order valence-electron chi connectivity index (χ1n) is 10.6. The van der Waals surface area contributed by atoms with Crippen LogP contribution >= 0.6 is 0 Å². The van der Waals surface area contributed by atoms with Gasteiger partial charge in [-0.2, -0.15) is 0 Å². The van der Waals surface area contributed by atoms with Crippen molar-refractivity contribution in [1.82, 2.24) is 20.6 Å². The van der Waals surface area contributed by atoms with Crippen molar-refractivity contribution in [3.8, 4) is 0 Å². The van der Waals surface area contributed by atoms with Crippen LogP contribution in [0.2, 0.25) is 0 Å². The molecule has 1 unspecified atom stereocenters. The van der Waals surface area contributed by atoms with Gasteiger partial charge in [0.2, 0.25) is 5.95 Å². The molecule has 1 aromatic carbocycles. The van der Waals surface area contributed by atoms with Gasteiger partial charge in [-0.05, 0) is 49.9 Å². The second-order valence-corrected chi connectivity index (χ2v) is 8.35. The maximum Gasteiger partial charge on any atom is 0.322 e. The number of hydrogen-bond donors (Lipinski definition) is 2. The molecule has 3 amide bonds. The highest BCUT2D eigenvalue weighted by atomic mass is 16.2. The van der Waals surface area contributed by atoms with Gasteiger partial charge < -0.3 is 15.5 Å². The van der Waals surface area contributed by atoms with E-state index in [1.807, 2.05) is 37.4 Å². The highest BCUT2D eigenvalue weighted by Crippen LogP contribution is 2.39. The number of nitrogens with one attached hydrogen (secondary N) is 2. The van der Waals surface area contributed by atoms with Crippen molar-refractivity contribution in [3.05, 3.63) is 47.3 Å². The molecule has 8 nitrogen and oxygen atoms in total. The van der Waals surface area contributed by atoms with Crippen molar-refractivity contribution in [2.75, 3.05) is 36.0 Å². The number of anilines is 2. The maximum absolute atomic E-state index is 12.9. The monoisotopic (exact) mass is 406 g/mol. The van der Waals surface area contributed by atoms with E-state index in [0.717, 1.165) is 35.9 Å². The van der Waals surface area contributed by atoms with Crippen molar-refractivity contribution in [2.24, 2.45) is 0 Å². The van der Waals surface area contributed by atoms with E-state index in [0.29, 0.717) is 31.1 Å². The third-order valence-corrected chi connectivity index (χ3v) is 6.09. The molecule has 2 aliphatic heterocycles. The summed E-state index contributed by atoms with van der Waals surface area (Å²) in [6, 6.07) is 7.46. The lowest BCUT2D eigenvalue weighted by Gasteiger charge is -2.19. The number of aromatic nitrogens is 2. The molecule has 0 radical (unpaired) electrons. The summed E-state index contributed by atoms with van der Waals surface area (Å²) in [5, 5.41) is 5.94. The third kappa shape index (κ3) is 3.69. The van der Waals surface area contributed by atoms with Gasteiger partial charge in [0.05, 0.1) is 0 Å². The summed E-state index contributed by atoms with van der Waals surface area (Å²) in [5.74, 6) is 1.24. The summed E-state index contributed by atoms with van der Waals surface area (Å²) in [6.07, 6.45) is 5.12. The van der Waals surface area contributed by atoms with Crippen molar-refractivity contribution >= 4 is 23.6 Å². The number of urea groups is 1. The first kappa shape index (κ1) is 18.8. The Hall–Kier alpha value is -3.16. The van der Waals surface area contributed by atoms with Crippen molar-refractivity contribution in [1.29, 1.82) is 0 Å². The molecule has 1 aromatic heterocycles. The van der Waals surface area contributed by atoms with Crippen LogP contribution in [0.5, 0.6) is 0 Å². The fourth-order valence-corrected chi connectivity index (χ4v) is 4.19. The zero-order valence-corrected chi connectivity index (χ0v) is 17.1. The fourth-order valence-electron chi connectivity index (χ4n) is 4.19. The molecule has 1 atom stereocenters. The van der Waals surface area contributed by atoms with Gasteiger partial charge in [-0.3, -0.25) is 9.69 Å². The van der Waals surface area contributed by atoms with Crippen molar-refractivity contribution in [2.45, 2.75) is 38.1 Å². The Morgan fingerprint density at radius 1 is 1.20 bits per heavy atom. The van der Waals surface area contributed by atoms with Gasteiger partial charge in [0.1, 0.15) is 0 Å². The minimum absolute atomic E-state index is 0.0468. The van der Waals surface area contributed by atoms with E-state index in [4.69, 9.17) is 4.98 Å². The molecule has 3 aliphatic rings. The smallest absolute Gasteiger partial charge is 0.322 e. The van der Waals surface area contributed by atoms with Gasteiger partial charge in [0.15, 0.2) is 0 Å². The topological polar surface area (TPSA) is 90.5 Å². The largest absolute Gasteiger partial charge is 0.347 e. The Bertz CT molecular complexity index is 989. The molecule has 0 spiro atoms. The number of carbonyl (C=O) groups excluding carboxylic acids is 2. The van der Waals surface area contributed by atoms with Gasteiger partial charge >= 0.3 is 6.03 Å². The molecule has 2 N–H and O–H groups in total. The number of aryl methyl sites for hydroxylation is 1. The van der Waals surface area contributed by atoms with Crippen molar-refractivity contribution < 1.29 is 9.59 Å². The molecule has 3 heterocycles. The van der Waals surface area contributed by atoms with Gasteiger partial charge in [-0.15, -0.1) is 0 Å². The van der Waals surface area contributed by atoms with E-state index in [-0.39, 0.29) is 18.0 Å². The fraction of sp³-hybridized carbons (Fsp3) is 0.455. The van der Waals surface area contributed by atoms with Gasteiger partial charge in [0.25, 0.3) is 5.91 Å². The number of hydrogen-bond acceptors (Lipinski definition) is 5. The molecule has 3 fully saturated rings. The van der Waals surface area contributed by atoms with Crippen LogP contribution < -0.4 is 20.4 Å². The first-order chi connectivity index (χ1) is 14.6. The quantitative estimate of drug-likeness (QED) is 0.795. The Labute approximate surface area is 175 Å². The number of benzene rings is 1. The SMILES string of the molecule is Cc1ccc(C(=O)NC2CCN(c3nccc(C4CC4)n3)C2)cc1N1CCNC1=O. The molecule has 0 bridgehead atoms. The molecule has 30 heavy (non-hydrogen) atoms. The highest BCUT2D eigenvalue weighted by molar-refractivity contribution is 5.99. The van der Waals surface area contributed by atoms with Crippen LogP contribution in [-0.4, -0.2) is 54.1 Å². The lowest BCUT2D eigenvalue weighted by atomic mass is 10.1. The van der Waals surface area contributed by atoms with Crippen molar-refractivity contribution in [3.63, 3.8) is 0 Å². The van der Waals surface area contributed by atoms with Crippen LogP contribution in [0.1, 0.15) is 46.8 Å². The Morgan fingerprint density at radius 2 is 2.07 bits per heavy atom. The Balaban J connectivity index is 1.25. The summed E-state index contributed by atoms with van der Waals surface area (Å²) >= 11 is 0. The van der Waals surface area contributed by atoms with E-state index < -0.39 is 0 Å². The predicted octanol–water partition coefficient (Wildman–Crippen LogP) is 2.20. The lowest BCUT2D eigenvalue weighted by molar-refractivity contribution is 0.0940. The minimum Gasteiger partial charge on any atom is -0.347 e. The number of amides is 3. The minimum atomic E-state index is -0.115. The summed E-state index contributed by atoms with van der Waals surface area (Å²) in [5.41, 5.74) is 3.46. The van der Waals surface area contributed by atoms with Gasteiger partial charge in [-0.25, -0.2) is 14.8 Å². The Kier molecular flexibility index (Phi) is 4.77. The average molecular weight is 406 g/mol. The normalized spacial score (nSPS) is 21.1. The molecular formula is C22H26N6O2. The molecular weight excluding hydrogens is 380 g/mol. The van der Waals surface area contributed by atoms with E-state index in [2.05, 4.69) is 20.5 Å². The van der Waals surface area contributed by atoms with Crippen LogP contribution in [0, 0.1) is 6.92 Å². The summed E-state index contributed by atoms with van der Waals surface area (Å²) in [4.78, 5) is 37.9.